The van der Waals surface area contributed by atoms with Crippen LogP contribution in [0.25, 0.3) is 16.9 Å². The van der Waals surface area contributed by atoms with Crippen LogP contribution in [0.3, 0.4) is 0 Å². The summed E-state index contributed by atoms with van der Waals surface area (Å²) < 4.78 is 30.6. The molecule has 8 nitrogen and oxygen atoms in total. The van der Waals surface area contributed by atoms with Crippen molar-refractivity contribution in [1.29, 1.82) is 0 Å². The van der Waals surface area contributed by atoms with Gasteiger partial charge in [-0.05, 0) is 23.6 Å². The van der Waals surface area contributed by atoms with E-state index < -0.39 is 16.2 Å². The molecule has 1 aliphatic carbocycles. The Balaban J connectivity index is 0.000000601. The molecule has 0 bridgehead atoms. The molecule has 1 saturated carbocycles. The highest BCUT2D eigenvalue weighted by Crippen LogP contribution is 2.47. The van der Waals surface area contributed by atoms with E-state index in [1.54, 1.807) is 22.7 Å². The maximum absolute atomic E-state index is 13.0. The van der Waals surface area contributed by atoms with E-state index in [1.165, 1.54) is 5.56 Å². The third kappa shape index (κ3) is 5.05. The van der Waals surface area contributed by atoms with E-state index in [4.69, 9.17) is 15.0 Å². The minimum atomic E-state index is -3.62. The summed E-state index contributed by atoms with van der Waals surface area (Å²) in [5, 5.41) is 13.9. The quantitative estimate of drug-likeness (QED) is 0.404. The lowest BCUT2D eigenvalue weighted by Crippen LogP contribution is -2.27. The second-order valence-corrected chi connectivity index (χ2v) is 9.56. The number of fused-ring (bicyclic) bond motifs is 1. The summed E-state index contributed by atoms with van der Waals surface area (Å²) in [5.74, 6) is 0.487. The molecule has 4 aromatic rings. The van der Waals surface area contributed by atoms with Gasteiger partial charge >= 0.3 is 6.16 Å². The van der Waals surface area contributed by atoms with Gasteiger partial charge in [0, 0.05) is 29.9 Å². The Bertz CT molecular complexity index is 1370. The molecule has 0 saturated heterocycles. The summed E-state index contributed by atoms with van der Waals surface area (Å²) in [6.45, 7) is 2.08. The average Bonchev–Trinajstić information content (AvgIpc) is 3.21. The molecule has 0 amide bonds. The first kappa shape index (κ1) is 22.5. The Morgan fingerprint density at radius 3 is 2.18 bits per heavy atom. The summed E-state index contributed by atoms with van der Waals surface area (Å²) in [5.41, 5.74) is 3.69. The van der Waals surface area contributed by atoms with E-state index in [1.807, 2.05) is 54.7 Å². The van der Waals surface area contributed by atoms with Crippen LogP contribution in [-0.4, -0.2) is 40.2 Å². The van der Waals surface area contributed by atoms with Crippen LogP contribution in [-0.2, 0) is 10.0 Å². The number of carbonyl (C=O) groups is 1. The molecule has 170 valence electrons. The zero-order valence-corrected chi connectivity index (χ0v) is 18.6. The summed E-state index contributed by atoms with van der Waals surface area (Å²) in [7, 11) is -3.62. The van der Waals surface area contributed by atoms with Crippen molar-refractivity contribution in [2.45, 2.75) is 23.8 Å². The van der Waals surface area contributed by atoms with Gasteiger partial charge in [-0.15, -0.1) is 0 Å². The topological polar surface area (TPSA) is 121 Å². The second kappa shape index (κ2) is 9.05. The van der Waals surface area contributed by atoms with E-state index >= 15 is 0 Å². The third-order valence-electron chi connectivity index (χ3n) is 5.66. The number of nitrogens with one attached hydrogen (secondary N) is 1. The number of pyridine rings is 1. The van der Waals surface area contributed by atoms with Crippen LogP contribution >= 0.6 is 0 Å². The first-order chi connectivity index (χ1) is 15.8. The summed E-state index contributed by atoms with van der Waals surface area (Å²) in [4.78, 5) is 13.4. The largest absolute Gasteiger partial charge is 0.503 e. The predicted molar refractivity (Wildman–Crippen MR) is 124 cm³/mol. The van der Waals surface area contributed by atoms with Crippen LogP contribution in [0.4, 0.5) is 4.79 Å². The number of hydrogen-bond donors (Lipinski definition) is 3. The van der Waals surface area contributed by atoms with Gasteiger partial charge in [0.2, 0.25) is 10.0 Å². The normalized spacial score (nSPS) is 19.5. The maximum Gasteiger partial charge on any atom is 0.503 e. The molecule has 1 aliphatic rings. The second-order valence-electron chi connectivity index (χ2n) is 7.85. The third-order valence-corrected chi connectivity index (χ3v) is 7.10. The van der Waals surface area contributed by atoms with E-state index in [0.29, 0.717) is 5.65 Å². The van der Waals surface area contributed by atoms with Gasteiger partial charge in [0.15, 0.2) is 0 Å². The number of carboxylic acid groups (broad SMARTS) is 2. The van der Waals surface area contributed by atoms with E-state index in [-0.39, 0.29) is 22.8 Å². The lowest BCUT2D eigenvalue weighted by Gasteiger charge is -2.07. The minimum absolute atomic E-state index is 0.0826. The van der Waals surface area contributed by atoms with E-state index in [0.717, 1.165) is 11.3 Å². The fraction of sp³-hybridized carbons (Fsp3) is 0.167. The summed E-state index contributed by atoms with van der Waals surface area (Å²) >= 11 is 0. The van der Waals surface area contributed by atoms with Crippen molar-refractivity contribution in [1.82, 2.24) is 14.1 Å². The molecule has 9 heteroatoms. The number of hydrogen-bond acceptors (Lipinski definition) is 4. The number of imidazole rings is 1. The van der Waals surface area contributed by atoms with Gasteiger partial charge in [-0.3, -0.25) is 0 Å². The van der Waals surface area contributed by atoms with E-state index in [2.05, 4.69) is 28.8 Å². The van der Waals surface area contributed by atoms with Crippen molar-refractivity contribution < 1.29 is 23.4 Å². The smallest absolute Gasteiger partial charge is 0.450 e. The van der Waals surface area contributed by atoms with Gasteiger partial charge < -0.3 is 14.6 Å². The Morgan fingerprint density at radius 2 is 1.55 bits per heavy atom. The maximum atomic E-state index is 13.0. The lowest BCUT2D eigenvalue weighted by molar-refractivity contribution is 0.137. The number of aromatic nitrogens is 2. The van der Waals surface area contributed by atoms with Crippen LogP contribution in [0.2, 0.25) is 0 Å². The number of sulfonamides is 1. The lowest BCUT2D eigenvalue weighted by atomic mass is 10.1. The Hall–Kier alpha value is -3.69. The fourth-order valence-electron chi connectivity index (χ4n) is 3.96. The molecule has 1 fully saturated rings. The molecule has 2 aromatic heterocycles. The van der Waals surface area contributed by atoms with Crippen LogP contribution in [0, 0.1) is 5.92 Å². The van der Waals surface area contributed by atoms with Crippen LogP contribution < -0.4 is 4.72 Å². The number of rotatable bonds is 5. The predicted octanol–water partition coefficient (Wildman–Crippen LogP) is 4.30. The SMILES string of the molecule is C[C@H]1[C@H](NS(=O)(=O)c2ccc3nc(-c4ccccc4)cn3c2)[C@H]1c1ccccc1.O=C(O)O. The Morgan fingerprint density at radius 1 is 0.939 bits per heavy atom. The molecule has 0 radical (unpaired) electrons. The van der Waals surface area contributed by atoms with E-state index in [9.17, 15) is 8.42 Å². The van der Waals surface area contributed by atoms with Crippen molar-refractivity contribution in [3.05, 3.63) is 90.8 Å². The van der Waals surface area contributed by atoms with Crippen LogP contribution in [0.5, 0.6) is 0 Å². The fourth-order valence-corrected chi connectivity index (χ4v) is 5.31. The average molecular weight is 466 g/mol. The molecule has 2 aromatic carbocycles. The molecule has 0 spiro atoms. The number of benzene rings is 2. The van der Waals surface area contributed by atoms with Gasteiger partial charge in [0.05, 0.1) is 10.6 Å². The van der Waals surface area contributed by atoms with Gasteiger partial charge in [-0.1, -0.05) is 67.6 Å². The van der Waals surface area contributed by atoms with Gasteiger partial charge in [0.1, 0.15) is 5.65 Å². The molecule has 33 heavy (non-hydrogen) atoms. The zero-order chi connectivity index (χ0) is 23.6. The standard InChI is InChI=1S/C23H21N3O2S.CH2O3/c1-16-22(18-10-6-3-7-11-18)23(16)25-29(27,28)19-12-13-21-24-20(15-26(21)14-19)17-8-4-2-5-9-17;2-1(3)4/h2-16,22-23,25H,1H3;(H2,2,3,4)/t16-,22-,23+;/m1./s1. The van der Waals surface area contributed by atoms with Crippen molar-refractivity contribution in [2.24, 2.45) is 5.92 Å². The highest BCUT2D eigenvalue weighted by Gasteiger charge is 2.49. The van der Waals surface area contributed by atoms with Gasteiger partial charge in [0.25, 0.3) is 0 Å². The monoisotopic (exact) mass is 465 g/mol. The molecule has 0 aliphatic heterocycles. The first-order valence-electron chi connectivity index (χ1n) is 10.3. The van der Waals surface area contributed by atoms with Gasteiger partial charge in [-0.25, -0.2) is 22.9 Å². The summed E-state index contributed by atoms with van der Waals surface area (Å²) in [6.07, 6.45) is 1.65. The molecular formula is C24H23N3O5S. The highest BCUT2D eigenvalue weighted by molar-refractivity contribution is 7.89. The first-order valence-corrected chi connectivity index (χ1v) is 11.8. The molecule has 0 unspecified atom stereocenters. The molecule has 2 heterocycles. The van der Waals surface area contributed by atoms with Crippen molar-refractivity contribution >= 4 is 21.8 Å². The minimum Gasteiger partial charge on any atom is -0.450 e. The molecule has 3 N–H and O–H groups in total. The molecule has 5 rings (SSSR count). The van der Waals surface area contributed by atoms with Crippen molar-refractivity contribution in [3.8, 4) is 11.3 Å². The van der Waals surface area contributed by atoms with Crippen molar-refractivity contribution in [3.63, 3.8) is 0 Å². The Labute approximate surface area is 191 Å². The van der Waals surface area contributed by atoms with Gasteiger partial charge in [-0.2, -0.15) is 0 Å². The van der Waals surface area contributed by atoms with Crippen LogP contribution in [0.15, 0.2) is 90.1 Å². The summed E-state index contributed by atoms with van der Waals surface area (Å²) in [6, 6.07) is 23.2. The Kier molecular flexibility index (Phi) is 6.17. The number of nitrogens with zero attached hydrogens (tertiary/aromatic N) is 2. The molecule has 3 atom stereocenters. The van der Waals surface area contributed by atoms with Crippen molar-refractivity contribution in [2.75, 3.05) is 0 Å². The van der Waals surface area contributed by atoms with Crippen LogP contribution in [0.1, 0.15) is 18.4 Å². The molecular weight excluding hydrogens is 442 g/mol. The highest BCUT2D eigenvalue weighted by atomic mass is 32.2. The zero-order valence-electron chi connectivity index (χ0n) is 17.7.